The van der Waals surface area contributed by atoms with Crippen LogP contribution in [0.3, 0.4) is 0 Å². The second-order valence-corrected chi connectivity index (χ2v) is 6.40. The number of halogens is 1. The Morgan fingerprint density at radius 3 is 3.12 bits per heavy atom. The molecule has 1 N–H and O–H groups in total. The lowest BCUT2D eigenvalue weighted by atomic mass is 9.99. The van der Waals surface area contributed by atoms with Gasteiger partial charge in [-0.3, -0.25) is 0 Å². The van der Waals surface area contributed by atoms with Crippen LogP contribution in [0.5, 0.6) is 0 Å². The number of hydrogen-bond donors (Lipinski definition) is 1. The second-order valence-electron chi connectivity index (χ2n) is 6.40. The van der Waals surface area contributed by atoms with Crippen molar-refractivity contribution < 1.29 is 13.9 Å². The van der Waals surface area contributed by atoms with Crippen LogP contribution in [0.25, 0.3) is 10.9 Å². The minimum atomic E-state index is -0.307. The van der Waals surface area contributed by atoms with Crippen molar-refractivity contribution in [2.45, 2.75) is 18.5 Å². The zero-order chi connectivity index (χ0) is 17.4. The highest BCUT2D eigenvalue weighted by atomic mass is 19.1. The summed E-state index contributed by atoms with van der Waals surface area (Å²) in [5.41, 5.74) is 0.714. The zero-order valence-corrected chi connectivity index (χ0v) is 14.0. The van der Waals surface area contributed by atoms with Gasteiger partial charge in [-0.2, -0.15) is 0 Å². The Bertz CT molecular complexity index is 802. The zero-order valence-electron chi connectivity index (χ0n) is 14.0. The second kappa shape index (κ2) is 6.44. The lowest BCUT2D eigenvalue weighted by Crippen LogP contribution is -2.51. The number of amides is 2. The number of carbonyl (C=O) groups is 1. The van der Waals surface area contributed by atoms with Gasteiger partial charge in [-0.15, -0.1) is 0 Å². The number of anilines is 1. The molecule has 2 amide bonds. The number of aromatic nitrogens is 2. The highest BCUT2D eigenvalue weighted by molar-refractivity contribution is 5.89. The van der Waals surface area contributed by atoms with Crippen LogP contribution in [0.1, 0.15) is 6.42 Å². The molecular weight excluding hydrogens is 325 g/mol. The largest absolute Gasteiger partial charge is 0.383 e. The average molecular weight is 345 g/mol. The van der Waals surface area contributed by atoms with Gasteiger partial charge in [0.25, 0.3) is 0 Å². The van der Waals surface area contributed by atoms with E-state index >= 15 is 0 Å². The smallest absolute Gasteiger partial charge is 0.318 e. The lowest BCUT2D eigenvalue weighted by Gasteiger charge is -2.37. The Hall–Kier alpha value is -2.48. The van der Waals surface area contributed by atoms with Crippen LogP contribution >= 0.6 is 0 Å². The number of piperidine rings is 1. The minimum absolute atomic E-state index is 0.0247. The Morgan fingerprint density at radius 2 is 2.28 bits per heavy atom. The van der Waals surface area contributed by atoms with Crippen LogP contribution in [0.4, 0.5) is 15.0 Å². The molecule has 4 rings (SSSR count). The SMILES string of the molecule is COCCN1C(=O)N[C@H]2CN(c3ncnc4ccc(F)cc34)CC[C@H]21. The first-order valence-electron chi connectivity index (χ1n) is 8.38. The number of carbonyl (C=O) groups excluding carboxylic acids is 1. The standard InChI is InChI=1S/C17H20FN5O2/c1-25-7-6-23-15-4-5-22(9-14(15)21-17(23)24)16-12-8-11(18)2-3-13(12)19-10-20-16/h2-3,8,10,14-15H,4-7,9H2,1H3,(H,21,24)/t14-,15+/m0/s1. The van der Waals surface area contributed by atoms with E-state index in [1.165, 1.54) is 18.5 Å². The Kier molecular flexibility index (Phi) is 4.12. The predicted molar refractivity (Wildman–Crippen MR) is 91.0 cm³/mol. The maximum Gasteiger partial charge on any atom is 0.318 e. The van der Waals surface area contributed by atoms with Crippen molar-refractivity contribution in [2.24, 2.45) is 0 Å². The van der Waals surface area contributed by atoms with Gasteiger partial charge in [-0.1, -0.05) is 0 Å². The lowest BCUT2D eigenvalue weighted by molar-refractivity contribution is 0.140. The number of nitrogens with zero attached hydrogens (tertiary/aromatic N) is 4. The van der Waals surface area contributed by atoms with Crippen LogP contribution in [0.2, 0.25) is 0 Å². The van der Waals surface area contributed by atoms with Gasteiger partial charge in [0.1, 0.15) is 18.0 Å². The summed E-state index contributed by atoms with van der Waals surface area (Å²) in [5, 5.41) is 3.74. The number of benzene rings is 1. The molecule has 3 heterocycles. The molecule has 0 radical (unpaired) electrons. The van der Waals surface area contributed by atoms with Crippen molar-refractivity contribution in [2.75, 3.05) is 38.3 Å². The molecule has 2 aromatic rings. The molecule has 1 aromatic carbocycles. The van der Waals surface area contributed by atoms with Crippen LogP contribution in [0, 0.1) is 5.82 Å². The number of nitrogens with one attached hydrogen (secondary N) is 1. The van der Waals surface area contributed by atoms with Gasteiger partial charge < -0.3 is 19.9 Å². The normalized spacial score (nSPS) is 23.0. The molecule has 2 saturated heterocycles. The maximum absolute atomic E-state index is 13.7. The van der Waals surface area contributed by atoms with Gasteiger partial charge in [0.05, 0.1) is 24.2 Å². The third-order valence-electron chi connectivity index (χ3n) is 4.96. The fraction of sp³-hybridized carbons (Fsp3) is 0.471. The van der Waals surface area contributed by atoms with Crippen LogP contribution < -0.4 is 10.2 Å². The maximum atomic E-state index is 13.7. The molecule has 0 aliphatic carbocycles. The molecule has 0 bridgehead atoms. The Labute approximate surface area is 144 Å². The summed E-state index contributed by atoms with van der Waals surface area (Å²) >= 11 is 0. The van der Waals surface area contributed by atoms with Crippen molar-refractivity contribution in [3.63, 3.8) is 0 Å². The molecule has 1 aromatic heterocycles. The minimum Gasteiger partial charge on any atom is -0.383 e. The van der Waals surface area contributed by atoms with Gasteiger partial charge in [0, 0.05) is 32.1 Å². The van der Waals surface area contributed by atoms with E-state index in [1.54, 1.807) is 13.2 Å². The topological polar surface area (TPSA) is 70.6 Å². The molecule has 2 atom stereocenters. The summed E-state index contributed by atoms with van der Waals surface area (Å²) in [6.45, 7) is 2.51. The summed E-state index contributed by atoms with van der Waals surface area (Å²) in [5.74, 6) is 0.408. The number of rotatable bonds is 4. The molecule has 7 nitrogen and oxygen atoms in total. The van der Waals surface area contributed by atoms with Gasteiger partial charge in [-0.05, 0) is 24.6 Å². The third kappa shape index (κ3) is 2.86. The van der Waals surface area contributed by atoms with Crippen LogP contribution in [-0.2, 0) is 4.74 Å². The molecule has 0 unspecified atom stereocenters. The van der Waals surface area contributed by atoms with Crippen LogP contribution in [0.15, 0.2) is 24.5 Å². The highest BCUT2D eigenvalue weighted by Gasteiger charge is 2.42. The number of ether oxygens (including phenoxy) is 1. The first kappa shape index (κ1) is 16.0. The van der Waals surface area contributed by atoms with E-state index in [1.807, 2.05) is 4.90 Å². The van der Waals surface area contributed by atoms with Crippen molar-refractivity contribution in [1.29, 1.82) is 0 Å². The van der Waals surface area contributed by atoms with Gasteiger partial charge in [0.15, 0.2) is 0 Å². The number of fused-ring (bicyclic) bond motifs is 2. The summed E-state index contributed by atoms with van der Waals surface area (Å²) in [6, 6.07) is 4.66. The van der Waals surface area contributed by atoms with E-state index in [-0.39, 0.29) is 23.9 Å². The summed E-state index contributed by atoms with van der Waals surface area (Å²) in [4.78, 5) is 24.7. The fourth-order valence-corrected chi connectivity index (χ4v) is 3.76. The molecule has 0 saturated carbocycles. The van der Waals surface area contributed by atoms with Crippen LogP contribution in [-0.4, -0.2) is 66.3 Å². The first-order valence-corrected chi connectivity index (χ1v) is 8.38. The Morgan fingerprint density at radius 1 is 1.40 bits per heavy atom. The molecule has 2 fully saturated rings. The van der Waals surface area contributed by atoms with Gasteiger partial charge >= 0.3 is 6.03 Å². The highest BCUT2D eigenvalue weighted by Crippen LogP contribution is 2.29. The molecule has 132 valence electrons. The van der Waals surface area contributed by atoms with Crippen molar-refractivity contribution in [3.05, 3.63) is 30.3 Å². The monoisotopic (exact) mass is 345 g/mol. The quantitative estimate of drug-likeness (QED) is 0.907. The number of methoxy groups -OCH3 is 1. The van der Waals surface area contributed by atoms with E-state index in [0.717, 1.165) is 13.0 Å². The summed E-state index contributed by atoms with van der Waals surface area (Å²) in [7, 11) is 1.63. The van der Waals surface area contributed by atoms with E-state index in [4.69, 9.17) is 4.74 Å². The predicted octanol–water partition coefficient (Wildman–Crippen LogP) is 1.39. The molecule has 25 heavy (non-hydrogen) atoms. The van der Waals surface area contributed by atoms with E-state index < -0.39 is 0 Å². The van der Waals surface area contributed by atoms with Crippen molar-refractivity contribution in [1.82, 2.24) is 20.2 Å². The van der Waals surface area contributed by atoms with E-state index in [9.17, 15) is 9.18 Å². The third-order valence-corrected chi connectivity index (χ3v) is 4.96. The number of urea groups is 1. The van der Waals surface area contributed by atoms with Crippen molar-refractivity contribution in [3.8, 4) is 0 Å². The first-order chi connectivity index (χ1) is 12.2. The molecule has 0 spiro atoms. The Balaban J connectivity index is 1.58. The molecular formula is C17H20FN5O2. The van der Waals surface area contributed by atoms with E-state index in [0.29, 0.717) is 36.4 Å². The fourth-order valence-electron chi connectivity index (χ4n) is 3.76. The van der Waals surface area contributed by atoms with Gasteiger partial charge in [-0.25, -0.2) is 19.2 Å². The van der Waals surface area contributed by atoms with Gasteiger partial charge in [0.2, 0.25) is 0 Å². The average Bonchev–Trinajstić information content (AvgIpc) is 2.93. The summed E-state index contributed by atoms with van der Waals surface area (Å²) in [6.07, 6.45) is 2.33. The molecule has 2 aliphatic heterocycles. The summed E-state index contributed by atoms with van der Waals surface area (Å²) < 4.78 is 18.8. The molecule has 8 heteroatoms. The molecule has 2 aliphatic rings. The van der Waals surface area contributed by atoms with E-state index in [2.05, 4.69) is 20.2 Å². The van der Waals surface area contributed by atoms with Crippen molar-refractivity contribution >= 4 is 22.8 Å². The number of hydrogen-bond acceptors (Lipinski definition) is 5.